The van der Waals surface area contributed by atoms with Crippen LogP contribution >= 0.6 is 0 Å². The second kappa shape index (κ2) is 9.55. The molecular weight excluding hydrogens is 395 g/mol. The molecule has 7 heteroatoms. The first-order valence-electron chi connectivity index (χ1n) is 10.5. The molecule has 1 fully saturated rings. The molecule has 1 aromatic heterocycles. The summed E-state index contributed by atoms with van der Waals surface area (Å²) in [7, 11) is 0. The summed E-state index contributed by atoms with van der Waals surface area (Å²) in [6.07, 6.45) is 1.01. The third-order valence-electron chi connectivity index (χ3n) is 5.42. The molecule has 0 spiro atoms. The van der Waals surface area contributed by atoms with E-state index in [1.807, 2.05) is 12.1 Å². The first-order valence-corrected chi connectivity index (χ1v) is 10.5. The number of aromatic nitrogens is 2. The van der Waals surface area contributed by atoms with Crippen molar-refractivity contribution in [1.29, 1.82) is 0 Å². The lowest BCUT2D eigenvalue weighted by Gasteiger charge is -2.35. The van der Waals surface area contributed by atoms with Gasteiger partial charge >= 0.3 is 0 Å². The number of piperazine rings is 1. The second-order valence-corrected chi connectivity index (χ2v) is 7.44. The lowest BCUT2D eigenvalue weighted by Crippen LogP contribution is -2.50. The van der Waals surface area contributed by atoms with Crippen LogP contribution in [0.4, 0.5) is 10.2 Å². The molecule has 6 nitrogen and oxygen atoms in total. The van der Waals surface area contributed by atoms with Gasteiger partial charge in [0, 0.05) is 37.8 Å². The predicted molar refractivity (Wildman–Crippen MR) is 118 cm³/mol. The third-order valence-corrected chi connectivity index (χ3v) is 5.42. The van der Waals surface area contributed by atoms with Crippen LogP contribution in [-0.4, -0.2) is 53.8 Å². The van der Waals surface area contributed by atoms with Crippen LogP contribution in [0.2, 0.25) is 0 Å². The summed E-state index contributed by atoms with van der Waals surface area (Å²) in [6, 6.07) is 18.1. The van der Waals surface area contributed by atoms with Crippen LogP contribution in [0.5, 0.6) is 5.75 Å². The summed E-state index contributed by atoms with van der Waals surface area (Å²) in [5.74, 6) is 0.660. The zero-order valence-electron chi connectivity index (χ0n) is 17.5. The summed E-state index contributed by atoms with van der Waals surface area (Å²) < 4.78 is 18.6. The van der Waals surface area contributed by atoms with Crippen molar-refractivity contribution >= 4 is 11.7 Å². The lowest BCUT2D eigenvalue weighted by molar-refractivity contribution is -0.133. The minimum atomic E-state index is -0.385. The topological polar surface area (TPSA) is 58.6 Å². The van der Waals surface area contributed by atoms with E-state index in [-0.39, 0.29) is 18.3 Å². The SMILES string of the molecule is CCc1ccc(-c2ccc(N3CCN(C(=O)COc4cccc(F)c4)CC3)nn2)cc1. The van der Waals surface area contributed by atoms with Crippen LogP contribution in [0.25, 0.3) is 11.3 Å². The van der Waals surface area contributed by atoms with Crippen molar-refractivity contribution in [3.63, 3.8) is 0 Å². The number of carbonyl (C=O) groups excluding carboxylic acids is 1. The van der Waals surface area contributed by atoms with E-state index >= 15 is 0 Å². The molecule has 2 aromatic carbocycles. The van der Waals surface area contributed by atoms with E-state index in [0.717, 1.165) is 23.5 Å². The fourth-order valence-electron chi connectivity index (χ4n) is 3.54. The molecule has 31 heavy (non-hydrogen) atoms. The number of nitrogens with zero attached hydrogens (tertiary/aromatic N) is 4. The standard InChI is InChI=1S/C24H25FN4O2/c1-2-18-6-8-19(9-7-18)22-10-11-23(27-26-22)28-12-14-29(15-13-28)24(30)17-31-21-5-3-4-20(25)16-21/h3-11,16H,2,12-15,17H2,1H3. The van der Waals surface area contributed by atoms with Gasteiger partial charge in [-0.3, -0.25) is 4.79 Å². The Bertz CT molecular complexity index is 1020. The first-order chi connectivity index (χ1) is 15.1. The Hall–Kier alpha value is -3.48. The highest BCUT2D eigenvalue weighted by Crippen LogP contribution is 2.20. The van der Waals surface area contributed by atoms with Crippen LogP contribution in [0.15, 0.2) is 60.7 Å². The normalized spacial score (nSPS) is 13.9. The van der Waals surface area contributed by atoms with Gasteiger partial charge in [-0.25, -0.2) is 4.39 Å². The zero-order valence-corrected chi connectivity index (χ0v) is 17.5. The van der Waals surface area contributed by atoms with Crippen LogP contribution < -0.4 is 9.64 Å². The molecule has 0 radical (unpaired) electrons. The number of hydrogen-bond donors (Lipinski definition) is 0. The maximum atomic E-state index is 13.2. The minimum absolute atomic E-state index is 0.102. The number of ether oxygens (including phenoxy) is 1. The average Bonchev–Trinajstić information content (AvgIpc) is 2.83. The van der Waals surface area contributed by atoms with Gasteiger partial charge in [-0.15, -0.1) is 10.2 Å². The molecule has 2 heterocycles. The molecule has 0 atom stereocenters. The van der Waals surface area contributed by atoms with E-state index in [1.54, 1.807) is 17.0 Å². The van der Waals surface area contributed by atoms with Crippen LogP contribution in [-0.2, 0) is 11.2 Å². The molecule has 0 bridgehead atoms. The highest BCUT2D eigenvalue weighted by Gasteiger charge is 2.22. The van der Waals surface area contributed by atoms with Crippen molar-refractivity contribution in [2.45, 2.75) is 13.3 Å². The Balaban J connectivity index is 1.29. The molecule has 1 saturated heterocycles. The Morgan fingerprint density at radius 1 is 1.00 bits per heavy atom. The van der Waals surface area contributed by atoms with Crippen LogP contribution in [0.1, 0.15) is 12.5 Å². The summed E-state index contributed by atoms with van der Waals surface area (Å²) in [6.45, 7) is 4.53. The van der Waals surface area contributed by atoms with E-state index in [9.17, 15) is 9.18 Å². The summed E-state index contributed by atoms with van der Waals surface area (Å²) >= 11 is 0. The van der Waals surface area contributed by atoms with Gasteiger partial charge in [0.15, 0.2) is 12.4 Å². The van der Waals surface area contributed by atoms with E-state index in [1.165, 1.54) is 17.7 Å². The first kappa shape index (κ1) is 20.8. The van der Waals surface area contributed by atoms with Crippen molar-refractivity contribution < 1.29 is 13.9 Å². The smallest absolute Gasteiger partial charge is 0.260 e. The highest BCUT2D eigenvalue weighted by molar-refractivity contribution is 5.78. The molecule has 1 amide bonds. The summed E-state index contributed by atoms with van der Waals surface area (Å²) in [5, 5.41) is 8.77. The molecule has 1 aliphatic rings. The van der Waals surface area contributed by atoms with Crippen molar-refractivity contribution in [3.05, 3.63) is 72.0 Å². The molecule has 0 N–H and O–H groups in total. The molecule has 160 valence electrons. The summed E-state index contributed by atoms with van der Waals surface area (Å²) in [5.41, 5.74) is 3.18. The van der Waals surface area contributed by atoms with Crippen molar-refractivity contribution in [3.8, 4) is 17.0 Å². The van der Waals surface area contributed by atoms with Gasteiger partial charge in [0.2, 0.25) is 0 Å². The maximum Gasteiger partial charge on any atom is 0.260 e. The number of hydrogen-bond acceptors (Lipinski definition) is 5. The number of benzene rings is 2. The monoisotopic (exact) mass is 420 g/mol. The van der Waals surface area contributed by atoms with Gasteiger partial charge in [-0.05, 0) is 36.2 Å². The van der Waals surface area contributed by atoms with Gasteiger partial charge in [0.05, 0.1) is 5.69 Å². The number of anilines is 1. The molecule has 3 aromatic rings. The van der Waals surface area contributed by atoms with Crippen molar-refractivity contribution in [2.24, 2.45) is 0 Å². The third kappa shape index (κ3) is 5.17. The molecule has 1 aliphatic heterocycles. The van der Waals surface area contributed by atoms with Crippen LogP contribution in [0.3, 0.4) is 0 Å². The molecule has 0 aliphatic carbocycles. The summed E-state index contributed by atoms with van der Waals surface area (Å²) in [4.78, 5) is 16.3. The number of amides is 1. The molecular formula is C24H25FN4O2. The van der Waals surface area contributed by atoms with Crippen molar-refractivity contribution in [2.75, 3.05) is 37.7 Å². The Morgan fingerprint density at radius 2 is 1.77 bits per heavy atom. The van der Waals surface area contributed by atoms with Crippen molar-refractivity contribution in [1.82, 2.24) is 15.1 Å². The van der Waals surface area contributed by atoms with Gasteiger partial charge in [0.25, 0.3) is 5.91 Å². The number of rotatable bonds is 6. The van der Waals surface area contributed by atoms with Gasteiger partial charge in [-0.2, -0.15) is 0 Å². The minimum Gasteiger partial charge on any atom is -0.484 e. The van der Waals surface area contributed by atoms with Gasteiger partial charge in [-0.1, -0.05) is 37.3 Å². The fourth-order valence-corrected chi connectivity index (χ4v) is 3.54. The second-order valence-electron chi connectivity index (χ2n) is 7.44. The Morgan fingerprint density at radius 3 is 2.42 bits per heavy atom. The number of halogens is 1. The number of aryl methyl sites for hydroxylation is 1. The molecule has 0 unspecified atom stereocenters. The number of carbonyl (C=O) groups is 1. The van der Waals surface area contributed by atoms with Gasteiger partial charge in [0.1, 0.15) is 11.6 Å². The van der Waals surface area contributed by atoms with E-state index in [0.29, 0.717) is 31.9 Å². The van der Waals surface area contributed by atoms with Gasteiger partial charge < -0.3 is 14.5 Å². The highest BCUT2D eigenvalue weighted by atomic mass is 19.1. The Labute approximate surface area is 181 Å². The van der Waals surface area contributed by atoms with E-state index in [2.05, 4.69) is 46.3 Å². The predicted octanol–water partition coefficient (Wildman–Crippen LogP) is 3.57. The largest absolute Gasteiger partial charge is 0.484 e. The van der Waals surface area contributed by atoms with E-state index in [4.69, 9.17) is 4.74 Å². The fraction of sp³-hybridized carbons (Fsp3) is 0.292. The zero-order chi connectivity index (χ0) is 21.6. The molecule has 0 saturated carbocycles. The average molecular weight is 420 g/mol. The van der Waals surface area contributed by atoms with E-state index < -0.39 is 0 Å². The quantitative estimate of drug-likeness (QED) is 0.610. The Kier molecular flexibility index (Phi) is 6.40. The maximum absolute atomic E-state index is 13.2. The lowest BCUT2D eigenvalue weighted by atomic mass is 10.1. The van der Waals surface area contributed by atoms with Crippen LogP contribution in [0, 0.1) is 5.82 Å². The molecule has 4 rings (SSSR count).